The van der Waals surface area contributed by atoms with E-state index in [2.05, 4.69) is 15.3 Å². The van der Waals surface area contributed by atoms with E-state index in [1.54, 1.807) is 4.57 Å². The van der Waals surface area contributed by atoms with Gasteiger partial charge in [0.15, 0.2) is 5.16 Å². The predicted molar refractivity (Wildman–Crippen MR) is 98.7 cm³/mol. The number of nitrogens with zero attached hydrogens (tertiary/aromatic N) is 2. The third-order valence-electron chi connectivity index (χ3n) is 3.66. The van der Waals surface area contributed by atoms with Crippen molar-refractivity contribution in [2.75, 3.05) is 5.75 Å². The second-order valence-corrected chi connectivity index (χ2v) is 8.07. The van der Waals surface area contributed by atoms with Gasteiger partial charge >= 0.3 is 0 Å². The zero-order chi connectivity index (χ0) is 18.1. The third-order valence-corrected chi connectivity index (χ3v) is 4.62. The van der Waals surface area contributed by atoms with Crippen molar-refractivity contribution in [2.45, 2.75) is 64.7 Å². The highest BCUT2D eigenvalue weighted by molar-refractivity contribution is 7.99. The first-order valence-electron chi connectivity index (χ1n) is 8.18. The molecule has 0 aliphatic carbocycles. The first-order chi connectivity index (χ1) is 11.1. The van der Waals surface area contributed by atoms with Crippen LogP contribution in [0.4, 0.5) is 0 Å². The Morgan fingerprint density at radius 3 is 2.71 bits per heavy atom. The molecule has 7 heteroatoms. The van der Waals surface area contributed by atoms with E-state index in [1.165, 1.54) is 11.8 Å². The molecule has 0 aromatic carbocycles. The second kappa shape index (κ2) is 7.01. The van der Waals surface area contributed by atoms with Gasteiger partial charge < -0.3 is 10.3 Å². The number of aromatic nitrogens is 3. The van der Waals surface area contributed by atoms with Crippen LogP contribution in [0.1, 0.15) is 52.8 Å². The van der Waals surface area contributed by atoms with Crippen LogP contribution in [0.15, 0.2) is 16.0 Å². The Morgan fingerprint density at radius 1 is 1.46 bits per heavy atom. The molecule has 0 radical (unpaired) electrons. The highest BCUT2D eigenvalue weighted by Crippen LogP contribution is 2.22. The molecule has 1 amide bonds. The lowest BCUT2D eigenvalue weighted by molar-refractivity contribution is -0.119. The molecule has 0 saturated carbocycles. The maximum atomic E-state index is 12.8. The maximum Gasteiger partial charge on any atom is 0.278 e. The number of hydrogen-bond donors (Lipinski definition) is 2. The third kappa shape index (κ3) is 4.20. The molecular weight excluding hydrogens is 324 g/mol. The molecule has 2 rings (SSSR count). The normalized spacial score (nSPS) is 13.2. The first kappa shape index (κ1) is 18.6. The number of nitrogens with one attached hydrogen (secondary N) is 2. The Labute approximate surface area is 146 Å². The van der Waals surface area contributed by atoms with Gasteiger partial charge in [-0.3, -0.25) is 14.2 Å². The fourth-order valence-corrected chi connectivity index (χ4v) is 3.34. The number of amides is 1. The smallest absolute Gasteiger partial charge is 0.278 e. The Kier molecular flexibility index (Phi) is 5.42. The minimum absolute atomic E-state index is 0.0196. The lowest BCUT2D eigenvalue weighted by Crippen LogP contribution is -2.41. The van der Waals surface area contributed by atoms with Crippen molar-refractivity contribution < 1.29 is 4.79 Å². The summed E-state index contributed by atoms with van der Waals surface area (Å²) in [6.07, 6.45) is 0.814. The van der Waals surface area contributed by atoms with Crippen LogP contribution < -0.4 is 10.9 Å². The van der Waals surface area contributed by atoms with Crippen molar-refractivity contribution in [3.05, 3.63) is 22.1 Å². The van der Waals surface area contributed by atoms with E-state index in [0.717, 1.165) is 12.1 Å². The van der Waals surface area contributed by atoms with Gasteiger partial charge in [0.05, 0.1) is 11.3 Å². The van der Waals surface area contributed by atoms with E-state index in [9.17, 15) is 9.59 Å². The molecule has 0 saturated heterocycles. The standard InChI is InChI=1S/C17H26N4O2S/c1-7-11(3)21-15(23)14-12(8-10(2)18-14)19-16(21)24-9-13(22)20-17(4,5)6/h8,11,18H,7,9H2,1-6H3,(H,20,22)/t11-/m1/s1. The molecule has 0 aliphatic heterocycles. The molecule has 0 spiro atoms. The molecule has 1 atom stereocenters. The van der Waals surface area contributed by atoms with E-state index >= 15 is 0 Å². The summed E-state index contributed by atoms with van der Waals surface area (Å²) in [5, 5.41) is 3.51. The van der Waals surface area contributed by atoms with E-state index < -0.39 is 0 Å². The van der Waals surface area contributed by atoms with Crippen LogP contribution in [0.3, 0.4) is 0 Å². The van der Waals surface area contributed by atoms with Crippen LogP contribution in [0.25, 0.3) is 11.0 Å². The van der Waals surface area contributed by atoms with E-state index in [-0.39, 0.29) is 28.8 Å². The lowest BCUT2D eigenvalue weighted by atomic mass is 10.1. The number of thioether (sulfide) groups is 1. The van der Waals surface area contributed by atoms with E-state index in [0.29, 0.717) is 16.2 Å². The summed E-state index contributed by atoms with van der Waals surface area (Å²) in [5.41, 5.74) is 1.72. The van der Waals surface area contributed by atoms with Gasteiger partial charge in [-0.15, -0.1) is 0 Å². The number of fused-ring (bicyclic) bond motifs is 1. The number of H-pyrrole nitrogens is 1. The van der Waals surface area contributed by atoms with Crippen molar-refractivity contribution in [1.29, 1.82) is 0 Å². The number of hydrogen-bond acceptors (Lipinski definition) is 4. The summed E-state index contributed by atoms with van der Waals surface area (Å²) >= 11 is 1.30. The zero-order valence-corrected chi connectivity index (χ0v) is 16.0. The summed E-state index contributed by atoms with van der Waals surface area (Å²) in [5.74, 6) is 0.164. The minimum Gasteiger partial charge on any atom is -0.353 e. The maximum absolute atomic E-state index is 12.8. The van der Waals surface area contributed by atoms with Crippen LogP contribution >= 0.6 is 11.8 Å². The predicted octanol–water partition coefficient (Wildman–Crippen LogP) is 3.01. The van der Waals surface area contributed by atoms with Crippen LogP contribution in [-0.4, -0.2) is 31.7 Å². The number of aromatic amines is 1. The largest absolute Gasteiger partial charge is 0.353 e. The Balaban J connectivity index is 2.37. The number of carbonyl (C=O) groups is 1. The number of rotatable bonds is 5. The summed E-state index contributed by atoms with van der Waals surface area (Å²) in [7, 11) is 0. The summed E-state index contributed by atoms with van der Waals surface area (Å²) < 4.78 is 1.69. The summed E-state index contributed by atoms with van der Waals surface area (Å²) in [6, 6.07) is 1.88. The quantitative estimate of drug-likeness (QED) is 0.642. The molecular formula is C17H26N4O2S. The van der Waals surface area contributed by atoms with Gasteiger partial charge in [-0.1, -0.05) is 18.7 Å². The van der Waals surface area contributed by atoms with Gasteiger partial charge in [0, 0.05) is 17.3 Å². The molecule has 0 aliphatic rings. The Bertz CT molecular complexity index is 801. The monoisotopic (exact) mass is 350 g/mol. The summed E-state index contributed by atoms with van der Waals surface area (Å²) in [4.78, 5) is 32.6. The average molecular weight is 350 g/mol. The molecule has 6 nitrogen and oxygen atoms in total. The average Bonchev–Trinajstić information content (AvgIpc) is 2.83. The first-order valence-corrected chi connectivity index (χ1v) is 9.16. The molecule has 0 fully saturated rings. The lowest BCUT2D eigenvalue weighted by Gasteiger charge is -2.21. The number of aryl methyl sites for hydroxylation is 1. The second-order valence-electron chi connectivity index (χ2n) is 7.13. The fraction of sp³-hybridized carbons (Fsp3) is 0.588. The molecule has 132 valence electrons. The molecule has 24 heavy (non-hydrogen) atoms. The van der Waals surface area contributed by atoms with Crippen LogP contribution in [0.2, 0.25) is 0 Å². The van der Waals surface area contributed by atoms with Crippen molar-refractivity contribution >= 4 is 28.7 Å². The fourth-order valence-electron chi connectivity index (χ4n) is 2.45. The van der Waals surface area contributed by atoms with Crippen molar-refractivity contribution in [3.63, 3.8) is 0 Å². The minimum atomic E-state index is -0.275. The van der Waals surface area contributed by atoms with Crippen LogP contribution in [-0.2, 0) is 4.79 Å². The van der Waals surface area contributed by atoms with Crippen molar-refractivity contribution in [3.8, 4) is 0 Å². The Hall–Kier alpha value is -1.76. The van der Waals surface area contributed by atoms with Crippen molar-refractivity contribution in [2.24, 2.45) is 0 Å². The van der Waals surface area contributed by atoms with E-state index in [1.807, 2.05) is 47.6 Å². The molecule has 2 aromatic rings. The van der Waals surface area contributed by atoms with Crippen molar-refractivity contribution in [1.82, 2.24) is 19.9 Å². The molecule has 2 N–H and O–H groups in total. The van der Waals surface area contributed by atoms with Gasteiger partial charge in [0.25, 0.3) is 5.56 Å². The van der Waals surface area contributed by atoms with Crippen LogP contribution in [0, 0.1) is 6.92 Å². The SMILES string of the molecule is CC[C@@H](C)n1c(SCC(=O)NC(C)(C)C)nc2cc(C)[nH]c2c1=O. The van der Waals surface area contributed by atoms with Gasteiger partial charge in [-0.25, -0.2) is 4.98 Å². The molecule has 2 heterocycles. The zero-order valence-electron chi connectivity index (χ0n) is 15.2. The topological polar surface area (TPSA) is 79.8 Å². The Morgan fingerprint density at radius 2 is 2.12 bits per heavy atom. The molecule has 2 aromatic heterocycles. The van der Waals surface area contributed by atoms with Gasteiger partial charge in [0.2, 0.25) is 5.91 Å². The van der Waals surface area contributed by atoms with Gasteiger partial charge in [-0.05, 0) is 47.1 Å². The summed E-state index contributed by atoms with van der Waals surface area (Å²) in [6.45, 7) is 11.7. The highest BCUT2D eigenvalue weighted by Gasteiger charge is 2.19. The molecule has 0 unspecified atom stereocenters. The van der Waals surface area contributed by atoms with Gasteiger partial charge in [0.1, 0.15) is 5.52 Å². The number of carbonyl (C=O) groups excluding carboxylic acids is 1. The highest BCUT2D eigenvalue weighted by atomic mass is 32.2. The van der Waals surface area contributed by atoms with Gasteiger partial charge in [-0.2, -0.15) is 0 Å². The molecule has 0 bridgehead atoms. The van der Waals surface area contributed by atoms with E-state index in [4.69, 9.17) is 0 Å². The van der Waals surface area contributed by atoms with Crippen LogP contribution in [0.5, 0.6) is 0 Å².